The van der Waals surface area contributed by atoms with Gasteiger partial charge in [-0.25, -0.2) is 9.97 Å². The Morgan fingerprint density at radius 2 is 1.07 bits per heavy atom. The summed E-state index contributed by atoms with van der Waals surface area (Å²) in [4.78, 5) is 10.5. The Labute approximate surface area is 324 Å². The number of hydrogen-bond donors (Lipinski definition) is 0. The molecule has 0 amide bonds. The van der Waals surface area contributed by atoms with Gasteiger partial charge in [-0.2, -0.15) is 0 Å². The molecule has 0 atom stereocenters. The highest BCUT2D eigenvalue weighted by Crippen LogP contribution is 2.42. The Hall–Kier alpha value is -6.46. The lowest BCUT2D eigenvalue weighted by atomic mass is 9.60. The van der Waals surface area contributed by atoms with E-state index in [4.69, 9.17) is 14.4 Å². The summed E-state index contributed by atoms with van der Waals surface area (Å²) in [5.74, 6) is 0.694. The first kappa shape index (κ1) is 33.1. The van der Waals surface area contributed by atoms with Crippen LogP contribution in [0.3, 0.4) is 0 Å². The van der Waals surface area contributed by atoms with Crippen LogP contribution in [0.15, 0.2) is 150 Å². The summed E-state index contributed by atoms with van der Waals surface area (Å²) in [6, 6.07) is 51.4. The number of hydrogen-bond acceptors (Lipinski definition) is 3. The van der Waals surface area contributed by atoms with E-state index in [0.29, 0.717) is 5.82 Å². The van der Waals surface area contributed by atoms with Gasteiger partial charge in [-0.1, -0.05) is 108 Å². The zero-order valence-electron chi connectivity index (χ0n) is 31.6. The normalized spacial score (nSPS) is 11.6. The fourth-order valence-electron chi connectivity index (χ4n) is 8.60. The summed E-state index contributed by atoms with van der Waals surface area (Å²) in [5, 5.41) is 4.61. The molecule has 9 heteroatoms. The van der Waals surface area contributed by atoms with E-state index in [1.807, 2.05) is 18.2 Å². The van der Waals surface area contributed by atoms with Crippen molar-refractivity contribution >= 4 is 110 Å². The fourth-order valence-corrected chi connectivity index (χ4v) is 8.60. The topological polar surface area (TPSA) is 43.9 Å². The summed E-state index contributed by atoms with van der Waals surface area (Å²) in [7, 11) is 11.1. The number of furan rings is 1. The molecule has 10 rings (SSSR count). The second kappa shape index (κ2) is 12.8. The van der Waals surface area contributed by atoms with Crippen LogP contribution in [0.1, 0.15) is 0 Å². The number of aromatic nitrogens is 3. The van der Waals surface area contributed by atoms with Gasteiger partial charge in [-0.3, -0.25) is 0 Å². The van der Waals surface area contributed by atoms with Crippen molar-refractivity contribution in [3.63, 3.8) is 0 Å². The molecule has 0 unspecified atom stereocenters. The van der Waals surface area contributed by atoms with Crippen molar-refractivity contribution in [2.75, 3.05) is 0 Å². The third kappa shape index (κ3) is 5.21. The molecule has 3 heterocycles. The van der Waals surface area contributed by atoms with Gasteiger partial charge in [0.05, 0.1) is 22.4 Å². The van der Waals surface area contributed by atoms with E-state index in [9.17, 15) is 0 Å². The lowest BCUT2D eigenvalue weighted by Gasteiger charge is -2.20. The standard InChI is InChI=1S/C46H34B5N3O/c47-40-39(41(48)43(50)44(51)42(40)49)34-24-33(52-46(53-34)25-11-3-1-4-12-25)30-17-9-18-31-38-28(16-10-20-37(38)55-45(30)31)26-21-22-36-32(23-26)29-15-7-8-19-35(29)54(36)27-13-5-2-6-14-27/h1-24H,47-51H2. The highest BCUT2D eigenvalue weighted by Gasteiger charge is 2.21. The average molecular weight is 699 g/mol. The lowest BCUT2D eigenvalue weighted by Crippen LogP contribution is -2.55. The number of para-hydroxylation sites is 3. The van der Waals surface area contributed by atoms with E-state index in [1.54, 1.807) is 0 Å². The van der Waals surface area contributed by atoms with Crippen LogP contribution in [0.5, 0.6) is 0 Å². The molecule has 0 radical (unpaired) electrons. The summed E-state index contributed by atoms with van der Waals surface area (Å²) < 4.78 is 9.21. The highest BCUT2D eigenvalue weighted by atomic mass is 16.3. The SMILES string of the molecule is Bc1c(B)c(B)c(-c2cc(-c3cccc4c3oc3cccc(-c5ccc6c(c5)c5ccccc5n6-c5ccccc5)c34)nc(-c3ccccc3)n2)c(B)c1B. The molecule has 0 saturated carbocycles. The molecular formula is C46H34B5N3O. The molecule has 10 aromatic rings. The van der Waals surface area contributed by atoms with E-state index < -0.39 is 0 Å². The fraction of sp³-hybridized carbons (Fsp3) is 0. The zero-order valence-corrected chi connectivity index (χ0v) is 31.6. The van der Waals surface area contributed by atoms with Crippen LogP contribution in [0.25, 0.3) is 94.5 Å². The Kier molecular flexibility index (Phi) is 7.74. The van der Waals surface area contributed by atoms with Crippen LogP contribution in [-0.4, -0.2) is 53.8 Å². The van der Waals surface area contributed by atoms with E-state index in [0.717, 1.165) is 61.3 Å². The summed E-state index contributed by atoms with van der Waals surface area (Å²) in [5.41, 5.74) is 18.8. The van der Waals surface area contributed by atoms with Crippen LogP contribution in [0, 0.1) is 0 Å². The van der Waals surface area contributed by atoms with Crippen LogP contribution < -0.4 is 27.3 Å². The predicted octanol–water partition coefficient (Wildman–Crippen LogP) is 3.43. The third-order valence-electron chi connectivity index (χ3n) is 11.8. The second-order valence-corrected chi connectivity index (χ2v) is 14.7. The van der Waals surface area contributed by atoms with Crippen LogP contribution >= 0.6 is 0 Å². The summed E-state index contributed by atoms with van der Waals surface area (Å²) in [6.45, 7) is 0. The number of nitrogens with zero attached hydrogens (tertiary/aromatic N) is 3. The molecule has 4 nitrogen and oxygen atoms in total. The zero-order chi connectivity index (χ0) is 37.4. The van der Waals surface area contributed by atoms with Crippen LogP contribution in [-0.2, 0) is 0 Å². The van der Waals surface area contributed by atoms with Crippen molar-refractivity contribution in [2.24, 2.45) is 0 Å². The molecule has 0 aliphatic rings. The molecule has 0 saturated heterocycles. The molecule has 7 aromatic carbocycles. The van der Waals surface area contributed by atoms with Gasteiger partial charge >= 0.3 is 0 Å². The molecule has 0 fully saturated rings. The molecule has 0 aliphatic heterocycles. The Balaban J connectivity index is 1.19. The monoisotopic (exact) mass is 699 g/mol. The predicted molar refractivity (Wildman–Crippen MR) is 246 cm³/mol. The smallest absolute Gasteiger partial charge is 0.160 e. The van der Waals surface area contributed by atoms with Crippen molar-refractivity contribution in [3.8, 4) is 50.7 Å². The molecule has 0 aliphatic carbocycles. The Bertz CT molecular complexity index is 3130. The lowest BCUT2D eigenvalue weighted by molar-refractivity contribution is 0.670. The van der Waals surface area contributed by atoms with Gasteiger partial charge in [0, 0.05) is 38.4 Å². The van der Waals surface area contributed by atoms with Crippen LogP contribution in [0.2, 0.25) is 0 Å². The molecule has 254 valence electrons. The van der Waals surface area contributed by atoms with Gasteiger partial charge in [0.1, 0.15) is 50.4 Å². The molecule has 0 spiro atoms. The van der Waals surface area contributed by atoms with Crippen molar-refractivity contribution in [2.45, 2.75) is 0 Å². The van der Waals surface area contributed by atoms with Crippen LogP contribution in [0.4, 0.5) is 0 Å². The van der Waals surface area contributed by atoms with Gasteiger partial charge < -0.3 is 8.98 Å². The van der Waals surface area contributed by atoms with E-state index in [2.05, 4.69) is 171 Å². The van der Waals surface area contributed by atoms with Crippen molar-refractivity contribution < 1.29 is 4.42 Å². The van der Waals surface area contributed by atoms with E-state index >= 15 is 0 Å². The maximum Gasteiger partial charge on any atom is 0.160 e. The quantitative estimate of drug-likeness (QED) is 0.259. The minimum atomic E-state index is 0.694. The molecule has 0 bridgehead atoms. The third-order valence-corrected chi connectivity index (χ3v) is 11.8. The second-order valence-electron chi connectivity index (χ2n) is 14.7. The van der Waals surface area contributed by atoms with Crippen molar-refractivity contribution in [3.05, 3.63) is 146 Å². The number of benzene rings is 7. The van der Waals surface area contributed by atoms with Gasteiger partial charge in [0.25, 0.3) is 0 Å². The number of fused-ring (bicyclic) bond motifs is 6. The van der Waals surface area contributed by atoms with Gasteiger partial charge in [0.15, 0.2) is 5.82 Å². The molecule has 55 heavy (non-hydrogen) atoms. The summed E-state index contributed by atoms with van der Waals surface area (Å²) >= 11 is 0. The molecular weight excluding hydrogens is 665 g/mol. The average Bonchev–Trinajstić information content (AvgIpc) is 3.78. The minimum absolute atomic E-state index is 0.694. The molecule has 3 aromatic heterocycles. The first-order chi connectivity index (χ1) is 26.9. The van der Waals surface area contributed by atoms with Gasteiger partial charge in [-0.15, -0.1) is 16.4 Å². The minimum Gasteiger partial charge on any atom is -0.455 e. The Morgan fingerprint density at radius 1 is 0.455 bits per heavy atom. The first-order valence-electron chi connectivity index (χ1n) is 18.9. The molecule has 0 N–H and O–H groups in total. The maximum absolute atomic E-state index is 6.85. The summed E-state index contributed by atoms with van der Waals surface area (Å²) in [6.07, 6.45) is 0. The van der Waals surface area contributed by atoms with E-state index in [1.165, 1.54) is 54.7 Å². The maximum atomic E-state index is 6.85. The van der Waals surface area contributed by atoms with E-state index in [-0.39, 0.29) is 0 Å². The Morgan fingerprint density at radius 3 is 1.85 bits per heavy atom. The van der Waals surface area contributed by atoms with Crippen molar-refractivity contribution in [1.82, 2.24) is 14.5 Å². The van der Waals surface area contributed by atoms with Gasteiger partial charge in [0.2, 0.25) is 0 Å². The first-order valence-corrected chi connectivity index (χ1v) is 18.9. The van der Waals surface area contributed by atoms with Gasteiger partial charge in [-0.05, 0) is 65.2 Å². The number of rotatable bonds is 5. The highest BCUT2D eigenvalue weighted by molar-refractivity contribution is 6.68. The largest absolute Gasteiger partial charge is 0.455 e. The van der Waals surface area contributed by atoms with Crippen molar-refractivity contribution in [1.29, 1.82) is 0 Å².